The van der Waals surface area contributed by atoms with Gasteiger partial charge < -0.3 is 25.6 Å². The minimum atomic E-state index is -1.19. The molecule has 2 aromatic carbocycles. The zero-order valence-corrected chi connectivity index (χ0v) is 19.6. The molecule has 0 unspecified atom stereocenters. The molecule has 1 fully saturated rings. The van der Waals surface area contributed by atoms with Crippen LogP contribution in [0.1, 0.15) is 55.6 Å². The third-order valence-corrected chi connectivity index (χ3v) is 7.03. The van der Waals surface area contributed by atoms with E-state index in [9.17, 15) is 19.5 Å². The number of aliphatic hydroxyl groups is 1. The lowest BCUT2D eigenvalue weighted by atomic mass is 9.93. The summed E-state index contributed by atoms with van der Waals surface area (Å²) in [6.07, 6.45) is 3.12. The maximum atomic E-state index is 12.9. The van der Waals surface area contributed by atoms with E-state index < -0.39 is 36.0 Å². The van der Waals surface area contributed by atoms with Crippen LogP contribution >= 0.6 is 0 Å². The molecule has 8 heteroatoms. The van der Waals surface area contributed by atoms with Crippen molar-refractivity contribution in [2.24, 2.45) is 5.92 Å². The molecule has 2 aliphatic carbocycles. The van der Waals surface area contributed by atoms with Crippen LogP contribution in [0.25, 0.3) is 11.1 Å². The van der Waals surface area contributed by atoms with Crippen molar-refractivity contribution in [2.75, 3.05) is 13.2 Å². The molecular formula is C27H32N2O6. The van der Waals surface area contributed by atoms with E-state index in [4.69, 9.17) is 9.84 Å². The number of hydrogen-bond donors (Lipinski definition) is 4. The smallest absolute Gasteiger partial charge is 0.407 e. The number of hydrogen-bond acceptors (Lipinski definition) is 5. The van der Waals surface area contributed by atoms with Crippen molar-refractivity contribution >= 4 is 18.0 Å². The molecule has 2 amide bonds. The molecule has 0 heterocycles. The maximum Gasteiger partial charge on any atom is 0.407 e. The quantitative estimate of drug-likeness (QED) is 0.429. The lowest BCUT2D eigenvalue weighted by Gasteiger charge is -2.27. The molecule has 186 valence electrons. The molecule has 4 N–H and O–H groups in total. The number of fused-ring (bicyclic) bond motifs is 3. The highest BCUT2D eigenvalue weighted by Gasteiger charge is 2.34. The van der Waals surface area contributed by atoms with Gasteiger partial charge in [0.1, 0.15) is 12.6 Å². The molecule has 0 radical (unpaired) electrons. The standard InChI is InChI=1S/C27H32N2O6/c30-15-14-24(26(32)33)28-25(31)21-12-2-1-3-13-23(21)29-27(34)35-16-22-19-10-6-4-8-17(19)18-9-5-7-11-20(18)22/h4-11,21-24,30H,1-3,12-16H2,(H,28,31)(H,29,34)(H,32,33)/t21-,23+,24-/m0/s1. The van der Waals surface area contributed by atoms with Crippen molar-refractivity contribution in [1.29, 1.82) is 0 Å². The highest BCUT2D eigenvalue weighted by Crippen LogP contribution is 2.44. The molecule has 1 saturated carbocycles. The van der Waals surface area contributed by atoms with Crippen LogP contribution in [0.2, 0.25) is 0 Å². The highest BCUT2D eigenvalue weighted by molar-refractivity contribution is 5.86. The molecule has 3 atom stereocenters. The fraction of sp³-hybridized carbons (Fsp3) is 0.444. The molecule has 2 aliphatic rings. The minimum Gasteiger partial charge on any atom is -0.480 e. The number of carbonyl (C=O) groups is 3. The topological polar surface area (TPSA) is 125 Å². The normalized spacial score (nSPS) is 20.1. The lowest BCUT2D eigenvalue weighted by molar-refractivity contribution is -0.143. The summed E-state index contributed by atoms with van der Waals surface area (Å²) in [5.74, 6) is -2.23. The van der Waals surface area contributed by atoms with Gasteiger partial charge in [0.15, 0.2) is 0 Å². The van der Waals surface area contributed by atoms with Crippen LogP contribution in [0, 0.1) is 5.92 Å². The van der Waals surface area contributed by atoms with Gasteiger partial charge in [-0.1, -0.05) is 67.8 Å². The van der Waals surface area contributed by atoms with Crippen LogP contribution in [0.15, 0.2) is 48.5 Å². The summed E-state index contributed by atoms with van der Waals surface area (Å²) in [6, 6.07) is 14.6. The third kappa shape index (κ3) is 5.65. The number of rotatable bonds is 8. The van der Waals surface area contributed by atoms with E-state index in [2.05, 4.69) is 34.9 Å². The molecule has 0 bridgehead atoms. The number of carbonyl (C=O) groups excluding carboxylic acids is 2. The van der Waals surface area contributed by atoms with E-state index in [1.54, 1.807) is 0 Å². The van der Waals surface area contributed by atoms with Gasteiger partial charge in [-0.3, -0.25) is 4.79 Å². The fourth-order valence-electron chi connectivity index (χ4n) is 5.25. The molecule has 0 spiro atoms. The monoisotopic (exact) mass is 480 g/mol. The zero-order valence-electron chi connectivity index (χ0n) is 19.6. The van der Waals surface area contributed by atoms with Crippen molar-refractivity contribution in [3.8, 4) is 11.1 Å². The highest BCUT2D eigenvalue weighted by atomic mass is 16.5. The number of nitrogens with one attached hydrogen (secondary N) is 2. The van der Waals surface area contributed by atoms with E-state index in [1.807, 2.05) is 24.3 Å². The second-order valence-electron chi connectivity index (χ2n) is 9.23. The maximum absolute atomic E-state index is 12.9. The molecule has 2 aromatic rings. The second-order valence-corrected chi connectivity index (χ2v) is 9.23. The summed E-state index contributed by atoms with van der Waals surface area (Å²) in [4.78, 5) is 37.1. The number of benzene rings is 2. The van der Waals surface area contributed by atoms with Crippen molar-refractivity contribution in [2.45, 2.75) is 56.5 Å². The molecule has 0 saturated heterocycles. The van der Waals surface area contributed by atoms with E-state index in [0.29, 0.717) is 12.8 Å². The molecule has 0 aliphatic heterocycles. The van der Waals surface area contributed by atoms with Gasteiger partial charge in [-0.05, 0) is 35.1 Å². The first-order chi connectivity index (χ1) is 17.0. The first-order valence-corrected chi connectivity index (χ1v) is 12.2. The summed E-state index contributed by atoms with van der Waals surface area (Å²) >= 11 is 0. The van der Waals surface area contributed by atoms with Crippen molar-refractivity contribution in [1.82, 2.24) is 10.6 Å². The van der Waals surface area contributed by atoms with E-state index in [1.165, 1.54) is 0 Å². The average molecular weight is 481 g/mol. The largest absolute Gasteiger partial charge is 0.480 e. The van der Waals surface area contributed by atoms with E-state index in [-0.39, 0.29) is 25.6 Å². The van der Waals surface area contributed by atoms with Gasteiger partial charge in [-0.25, -0.2) is 9.59 Å². The minimum absolute atomic E-state index is 0.0591. The van der Waals surface area contributed by atoms with Gasteiger partial charge in [0.25, 0.3) is 0 Å². The predicted molar refractivity (Wildman–Crippen MR) is 130 cm³/mol. The number of aliphatic hydroxyl groups excluding tert-OH is 1. The Balaban J connectivity index is 1.41. The first kappa shape index (κ1) is 24.7. The average Bonchev–Trinajstić information content (AvgIpc) is 2.98. The molecule has 8 nitrogen and oxygen atoms in total. The van der Waals surface area contributed by atoms with Gasteiger partial charge >= 0.3 is 12.1 Å². The van der Waals surface area contributed by atoms with Gasteiger partial charge in [0.2, 0.25) is 5.91 Å². The van der Waals surface area contributed by atoms with Crippen LogP contribution in [-0.4, -0.2) is 53.5 Å². The van der Waals surface area contributed by atoms with Crippen LogP contribution in [0.4, 0.5) is 4.79 Å². The summed E-state index contributed by atoms with van der Waals surface area (Å²) in [5, 5.41) is 23.8. The summed E-state index contributed by atoms with van der Waals surface area (Å²) in [5.41, 5.74) is 4.54. The molecule has 35 heavy (non-hydrogen) atoms. The number of ether oxygens (including phenoxy) is 1. The number of carboxylic acids is 1. The van der Waals surface area contributed by atoms with E-state index >= 15 is 0 Å². The summed E-state index contributed by atoms with van der Waals surface area (Å²) in [6.45, 7) is -0.162. The number of carboxylic acid groups (broad SMARTS) is 1. The van der Waals surface area contributed by atoms with E-state index in [0.717, 1.165) is 41.5 Å². The molecule has 4 rings (SSSR count). The zero-order chi connectivity index (χ0) is 24.8. The van der Waals surface area contributed by atoms with Gasteiger partial charge in [-0.15, -0.1) is 0 Å². The Kier molecular flexibility index (Phi) is 8.02. The van der Waals surface area contributed by atoms with Crippen LogP contribution in [-0.2, 0) is 14.3 Å². The van der Waals surface area contributed by atoms with Crippen LogP contribution in [0.5, 0.6) is 0 Å². The Labute approximate surface area is 204 Å². The summed E-state index contributed by atoms with van der Waals surface area (Å²) in [7, 11) is 0. The van der Waals surface area contributed by atoms with Gasteiger partial charge in [0, 0.05) is 25.0 Å². The number of alkyl carbamates (subject to hydrolysis) is 1. The predicted octanol–water partition coefficient (Wildman–Crippen LogP) is 3.43. The van der Waals surface area contributed by atoms with Crippen molar-refractivity contribution < 1.29 is 29.3 Å². The SMILES string of the molecule is O=C(N[C@@H]1CCCCC[C@@H]1C(=O)N[C@@H](CCO)C(=O)O)OCC1c2ccccc2-c2ccccc21. The first-order valence-electron chi connectivity index (χ1n) is 12.2. The van der Waals surface area contributed by atoms with Gasteiger partial charge in [0.05, 0.1) is 5.92 Å². The van der Waals surface area contributed by atoms with Crippen molar-refractivity contribution in [3.63, 3.8) is 0 Å². The lowest BCUT2D eigenvalue weighted by Crippen LogP contribution is -2.50. The number of aliphatic carboxylic acids is 1. The Morgan fingerprint density at radius 1 is 0.943 bits per heavy atom. The Morgan fingerprint density at radius 2 is 1.57 bits per heavy atom. The van der Waals surface area contributed by atoms with Crippen LogP contribution < -0.4 is 10.6 Å². The Morgan fingerprint density at radius 3 is 2.20 bits per heavy atom. The van der Waals surface area contributed by atoms with Crippen LogP contribution in [0.3, 0.4) is 0 Å². The fourth-order valence-corrected chi connectivity index (χ4v) is 5.25. The second kappa shape index (κ2) is 11.4. The van der Waals surface area contributed by atoms with Crippen molar-refractivity contribution in [3.05, 3.63) is 59.7 Å². The van der Waals surface area contributed by atoms with Gasteiger partial charge in [-0.2, -0.15) is 0 Å². The number of amides is 2. The molecule has 0 aromatic heterocycles. The third-order valence-electron chi connectivity index (χ3n) is 7.03. The Bertz CT molecular complexity index is 1030. The summed E-state index contributed by atoms with van der Waals surface area (Å²) < 4.78 is 5.66. The molecular weight excluding hydrogens is 448 g/mol. The Hall–Kier alpha value is -3.39.